The molecular weight excluding hydrogens is 350 g/mol. The summed E-state index contributed by atoms with van der Waals surface area (Å²) in [7, 11) is 0. The Morgan fingerprint density at radius 2 is 1.89 bits per heavy atom. The van der Waals surface area contributed by atoms with Gasteiger partial charge in [0.05, 0.1) is 5.56 Å². The summed E-state index contributed by atoms with van der Waals surface area (Å²) in [6.45, 7) is 2.15. The Hall–Kier alpha value is -3.72. The molecule has 6 heteroatoms. The minimum absolute atomic E-state index is 0.0542. The Bertz CT molecular complexity index is 1120. The van der Waals surface area contributed by atoms with Crippen molar-refractivity contribution in [3.8, 4) is 11.8 Å². The molecule has 0 aliphatic carbocycles. The molecule has 140 valence electrons. The van der Waals surface area contributed by atoms with Crippen molar-refractivity contribution in [2.45, 2.75) is 12.8 Å². The van der Waals surface area contributed by atoms with Crippen molar-refractivity contribution in [2.75, 3.05) is 23.7 Å². The van der Waals surface area contributed by atoms with E-state index in [1.807, 2.05) is 18.2 Å². The van der Waals surface area contributed by atoms with E-state index in [1.54, 1.807) is 18.3 Å². The third-order valence-corrected chi connectivity index (χ3v) is 4.98. The summed E-state index contributed by atoms with van der Waals surface area (Å²) in [5.74, 6) is 6.90. The molecule has 1 saturated heterocycles. The molecule has 0 saturated carbocycles. The van der Waals surface area contributed by atoms with Gasteiger partial charge in [0.2, 0.25) is 0 Å². The van der Waals surface area contributed by atoms with Crippen LogP contribution in [0.3, 0.4) is 0 Å². The fourth-order valence-electron chi connectivity index (χ4n) is 3.48. The monoisotopic (exact) mass is 371 g/mol. The first-order valence-electron chi connectivity index (χ1n) is 9.19. The van der Waals surface area contributed by atoms with Crippen molar-refractivity contribution < 1.29 is 5.21 Å². The van der Waals surface area contributed by atoms with E-state index in [0.29, 0.717) is 11.4 Å². The molecule has 2 aromatic carbocycles. The zero-order valence-electron chi connectivity index (χ0n) is 15.4. The number of benzene rings is 2. The third-order valence-electron chi connectivity index (χ3n) is 4.98. The largest absolute Gasteiger partial charge is 0.409 e. The second kappa shape index (κ2) is 7.49. The second-order valence-electron chi connectivity index (χ2n) is 6.80. The van der Waals surface area contributed by atoms with Crippen LogP contribution >= 0.6 is 0 Å². The number of aromatic nitrogens is 1. The average Bonchev–Trinajstić information content (AvgIpc) is 3.27. The minimum atomic E-state index is 0.0542. The van der Waals surface area contributed by atoms with Crippen LogP contribution in [-0.4, -0.2) is 29.1 Å². The number of pyridine rings is 1. The van der Waals surface area contributed by atoms with Crippen LogP contribution in [0, 0.1) is 11.8 Å². The quantitative estimate of drug-likeness (QED) is 0.211. The number of fused-ring (bicyclic) bond motifs is 1. The van der Waals surface area contributed by atoms with E-state index in [9.17, 15) is 0 Å². The van der Waals surface area contributed by atoms with Gasteiger partial charge >= 0.3 is 0 Å². The van der Waals surface area contributed by atoms with Crippen LogP contribution in [0.4, 0.5) is 11.5 Å². The lowest BCUT2D eigenvalue weighted by atomic mass is 10.0. The van der Waals surface area contributed by atoms with Crippen molar-refractivity contribution in [3.05, 3.63) is 65.4 Å². The molecule has 0 spiro atoms. The molecule has 2 heterocycles. The van der Waals surface area contributed by atoms with Gasteiger partial charge in [0.25, 0.3) is 0 Å². The van der Waals surface area contributed by atoms with Crippen molar-refractivity contribution in [1.29, 1.82) is 0 Å². The van der Waals surface area contributed by atoms with Crippen molar-refractivity contribution in [1.82, 2.24) is 4.98 Å². The van der Waals surface area contributed by atoms with Gasteiger partial charge in [0.1, 0.15) is 5.82 Å². The van der Waals surface area contributed by atoms with E-state index in [0.717, 1.165) is 35.0 Å². The predicted molar refractivity (Wildman–Crippen MR) is 113 cm³/mol. The van der Waals surface area contributed by atoms with Gasteiger partial charge in [-0.1, -0.05) is 29.1 Å². The minimum Gasteiger partial charge on any atom is -0.409 e. The maximum Gasteiger partial charge on any atom is 0.170 e. The first-order chi connectivity index (χ1) is 13.7. The Morgan fingerprint density at radius 3 is 2.68 bits per heavy atom. The van der Waals surface area contributed by atoms with E-state index >= 15 is 0 Å². The highest BCUT2D eigenvalue weighted by Gasteiger charge is 2.14. The van der Waals surface area contributed by atoms with Gasteiger partial charge in [-0.3, -0.25) is 0 Å². The molecule has 1 fully saturated rings. The van der Waals surface area contributed by atoms with Crippen LogP contribution in [0.25, 0.3) is 10.8 Å². The normalized spacial score (nSPS) is 14.1. The van der Waals surface area contributed by atoms with E-state index < -0.39 is 0 Å². The molecule has 28 heavy (non-hydrogen) atoms. The van der Waals surface area contributed by atoms with Crippen LogP contribution in [-0.2, 0) is 0 Å². The number of nitrogen functional groups attached to an aromatic ring is 1. The van der Waals surface area contributed by atoms with Crippen LogP contribution < -0.4 is 16.4 Å². The summed E-state index contributed by atoms with van der Waals surface area (Å²) in [5.41, 5.74) is 15.1. The summed E-state index contributed by atoms with van der Waals surface area (Å²) in [6, 6.07) is 13.5. The molecule has 0 unspecified atom stereocenters. The Morgan fingerprint density at radius 1 is 1.07 bits per heavy atom. The number of nitrogens with zero attached hydrogens (tertiary/aromatic N) is 3. The Balaban J connectivity index is 1.76. The number of anilines is 2. The lowest BCUT2D eigenvalue weighted by Crippen LogP contribution is -2.17. The van der Waals surface area contributed by atoms with Gasteiger partial charge in [-0.05, 0) is 43.2 Å². The lowest BCUT2D eigenvalue weighted by Gasteiger charge is -2.18. The highest BCUT2D eigenvalue weighted by Crippen LogP contribution is 2.29. The molecule has 0 radical (unpaired) electrons. The first kappa shape index (κ1) is 17.7. The van der Waals surface area contributed by atoms with Gasteiger partial charge in [0, 0.05) is 46.9 Å². The molecule has 0 bridgehead atoms. The smallest absolute Gasteiger partial charge is 0.170 e. The topological polar surface area (TPSA) is 101 Å². The molecule has 4 rings (SSSR count). The Kier molecular flexibility index (Phi) is 4.73. The number of oxime groups is 1. The molecule has 1 aliphatic rings. The zero-order valence-corrected chi connectivity index (χ0v) is 15.4. The highest BCUT2D eigenvalue weighted by molar-refractivity contribution is 5.98. The van der Waals surface area contributed by atoms with E-state index in [1.165, 1.54) is 18.5 Å². The number of hydrogen-bond acceptors (Lipinski definition) is 5. The molecule has 6 nitrogen and oxygen atoms in total. The summed E-state index contributed by atoms with van der Waals surface area (Å²) in [6.07, 6.45) is 4.16. The van der Waals surface area contributed by atoms with E-state index in [2.05, 4.69) is 39.0 Å². The van der Waals surface area contributed by atoms with Gasteiger partial charge in [-0.15, -0.1) is 0 Å². The zero-order chi connectivity index (χ0) is 19.5. The van der Waals surface area contributed by atoms with Gasteiger partial charge in [-0.25, -0.2) is 4.98 Å². The number of rotatable bonds is 2. The molecule has 1 aromatic heterocycles. The molecule has 0 atom stereocenters. The average molecular weight is 371 g/mol. The number of amidine groups is 1. The molecule has 1 aliphatic heterocycles. The van der Waals surface area contributed by atoms with Gasteiger partial charge < -0.3 is 21.6 Å². The van der Waals surface area contributed by atoms with Crippen LogP contribution in [0.1, 0.15) is 29.5 Å². The van der Waals surface area contributed by atoms with Crippen molar-refractivity contribution in [2.24, 2.45) is 10.9 Å². The molecular formula is C22H21N5O. The summed E-state index contributed by atoms with van der Waals surface area (Å²) < 4.78 is 0. The van der Waals surface area contributed by atoms with Crippen LogP contribution in [0.2, 0.25) is 0 Å². The summed E-state index contributed by atoms with van der Waals surface area (Å²) >= 11 is 0. The molecule has 0 amide bonds. The van der Waals surface area contributed by atoms with E-state index in [-0.39, 0.29) is 5.84 Å². The van der Waals surface area contributed by atoms with Crippen LogP contribution in [0.5, 0.6) is 0 Å². The number of nitrogens with two attached hydrogens (primary N) is 2. The summed E-state index contributed by atoms with van der Waals surface area (Å²) in [4.78, 5) is 6.68. The SMILES string of the molecule is NC(=NO)c1cccc(C#Cc2cnc(N)c3ccc(N4CCCC4)cc23)c1. The van der Waals surface area contributed by atoms with Crippen LogP contribution in [0.15, 0.2) is 53.8 Å². The predicted octanol–water partition coefficient (Wildman–Crippen LogP) is 2.91. The summed E-state index contributed by atoms with van der Waals surface area (Å²) in [5, 5.41) is 13.8. The molecule has 3 aromatic rings. The van der Waals surface area contributed by atoms with Gasteiger partial charge in [-0.2, -0.15) is 0 Å². The molecule has 5 N–H and O–H groups in total. The highest BCUT2D eigenvalue weighted by atomic mass is 16.4. The van der Waals surface area contributed by atoms with Crippen molar-refractivity contribution >= 4 is 28.1 Å². The fourth-order valence-corrected chi connectivity index (χ4v) is 3.48. The lowest BCUT2D eigenvalue weighted by molar-refractivity contribution is 0.318. The maximum atomic E-state index is 8.85. The third kappa shape index (κ3) is 3.42. The maximum absolute atomic E-state index is 8.85. The van der Waals surface area contributed by atoms with Crippen molar-refractivity contribution in [3.63, 3.8) is 0 Å². The van der Waals surface area contributed by atoms with E-state index in [4.69, 9.17) is 16.7 Å². The second-order valence-corrected chi connectivity index (χ2v) is 6.80. The fraction of sp³-hybridized carbons (Fsp3) is 0.182. The number of hydrogen-bond donors (Lipinski definition) is 3. The standard InChI is InChI=1S/C22H21N5O/c23-21(26-28)16-5-3-4-15(12-16)6-7-17-14-25-22(24)19-9-8-18(13-20(17)19)27-10-1-2-11-27/h3-5,8-9,12-14,28H,1-2,10-11H2,(H2,23,26)(H2,24,25). The Labute approximate surface area is 163 Å². The van der Waals surface area contributed by atoms with Gasteiger partial charge in [0.15, 0.2) is 5.84 Å². The first-order valence-corrected chi connectivity index (χ1v) is 9.19.